The summed E-state index contributed by atoms with van der Waals surface area (Å²) in [6, 6.07) is 3.41. The molecule has 0 saturated carbocycles. The molecule has 2 amide bonds. The van der Waals surface area contributed by atoms with Crippen LogP contribution in [0.25, 0.3) is 0 Å². The van der Waals surface area contributed by atoms with Gasteiger partial charge in [0.05, 0.1) is 17.9 Å². The van der Waals surface area contributed by atoms with E-state index in [0.717, 1.165) is 42.7 Å². The molecule has 2 fully saturated rings. The molecule has 1 aromatic heterocycles. The van der Waals surface area contributed by atoms with Crippen LogP contribution < -0.4 is 4.90 Å². The number of anilines is 1. The lowest BCUT2D eigenvalue weighted by Gasteiger charge is -2.36. The molecule has 2 aliphatic heterocycles. The summed E-state index contributed by atoms with van der Waals surface area (Å²) in [6.45, 7) is 6.70. The van der Waals surface area contributed by atoms with Crippen molar-refractivity contribution in [3.8, 4) is 0 Å². The third kappa shape index (κ3) is 4.76. The zero-order valence-electron chi connectivity index (χ0n) is 20.2. The van der Waals surface area contributed by atoms with Gasteiger partial charge in [0.15, 0.2) is 5.69 Å². The van der Waals surface area contributed by atoms with Crippen LogP contribution >= 0.6 is 0 Å². The number of halogens is 2. The molecule has 1 aromatic carbocycles. The Balaban J connectivity index is 1.26. The van der Waals surface area contributed by atoms with Gasteiger partial charge < -0.3 is 19.4 Å². The highest BCUT2D eigenvalue weighted by molar-refractivity contribution is 5.94. The van der Waals surface area contributed by atoms with Gasteiger partial charge in [-0.1, -0.05) is 0 Å². The van der Waals surface area contributed by atoms with Crippen LogP contribution in [0.3, 0.4) is 0 Å². The summed E-state index contributed by atoms with van der Waals surface area (Å²) in [6.07, 6.45) is 2.47. The molecule has 188 valence electrons. The lowest BCUT2D eigenvalue weighted by Crippen LogP contribution is -2.50. The fraction of sp³-hybridized carbons (Fsp3) is 0.560. The maximum Gasteiger partial charge on any atom is 0.274 e. The Morgan fingerprint density at radius 3 is 2.46 bits per heavy atom. The third-order valence-corrected chi connectivity index (χ3v) is 7.08. The Morgan fingerprint density at radius 2 is 1.74 bits per heavy atom. The molecule has 5 rings (SSSR count). The molecule has 0 bridgehead atoms. The van der Waals surface area contributed by atoms with Crippen molar-refractivity contribution in [3.63, 3.8) is 0 Å². The van der Waals surface area contributed by atoms with E-state index in [2.05, 4.69) is 5.10 Å². The normalized spacial score (nSPS) is 22.5. The summed E-state index contributed by atoms with van der Waals surface area (Å²) in [5.74, 6) is -1.14. The first-order valence-electron chi connectivity index (χ1n) is 12.3. The minimum absolute atomic E-state index is 0.0288. The van der Waals surface area contributed by atoms with Crippen LogP contribution in [-0.2, 0) is 28.9 Å². The molecule has 35 heavy (non-hydrogen) atoms. The van der Waals surface area contributed by atoms with Crippen LogP contribution in [0.4, 0.5) is 14.5 Å². The van der Waals surface area contributed by atoms with Crippen molar-refractivity contribution in [1.29, 1.82) is 0 Å². The molecule has 8 nitrogen and oxygen atoms in total. The molecule has 10 heteroatoms. The Labute approximate surface area is 203 Å². The number of hydrogen-bond donors (Lipinski definition) is 0. The molecule has 0 unspecified atom stereocenters. The average molecular weight is 488 g/mol. The third-order valence-electron chi connectivity index (χ3n) is 7.08. The fourth-order valence-electron chi connectivity index (χ4n) is 5.46. The number of hydrogen-bond acceptors (Lipinski definition) is 5. The summed E-state index contributed by atoms with van der Waals surface area (Å²) in [5.41, 5.74) is 2.60. The minimum atomic E-state index is -0.487. The summed E-state index contributed by atoms with van der Waals surface area (Å²) in [7, 11) is 0. The van der Waals surface area contributed by atoms with Gasteiger partial charge in [-0.15, -0.1) is 0 Å². The fourth-order valence-corrected chi connectivity index (χ4v) is 5.46. The number of carbonyl (C=O) groups excluding carboxylic acids is 2. The number of morpholine rings is 1. The van der Waals surface area contributed by atoms with Crippen molar-refractivity contribution in [2.45, 2.75) is 51.9 Å². The molecule has 3 heterocycles. The topological polar surface area (TPSA) is 70.9 Å². The van der Waals surface area contributed by atoms with E-state index >= 15 is 0 Å². The zero-order valence-corrected chi connectivity index (χ0v) is 20.2. The van der Waals surface area contributed by atoms with E-state index in [0.29, 0.717) is 45.0 Å². The van der Waals surface area contributed by atoms with Crippen molar-refractivity contribution in [2.24, 2.45) is 0 Å². The van der Waals surface area contributed by atoms with Gasteiger partial charge in [-0.3, -0.25) is 14.3 Å². The highest BCUT2D eigenvalue weighted by Crippen LogP contribution is 2.28. The summed E-state index contributed by atoms with van der Waals surface area (Å²) < 4.78 is 35.2. The number of ether oxygens (including phenoxy) is 1. The molecular weight excluding hydrogens is 456 g/mol. The highest BCUT2D eigenvalue weighted by atomic mass is 19.1. The maximum atomic E-state index is 14.1. The van der Waals surface area contributed by atoms with Crippen molar-refractivity contribution in [2.75, 3.05) is 44.2 Å². The van der Waals surface area contributed by atoms with Crippen molar-refractivity contribution in [3.05, 3.63) is 46.8 Å². The van der Waals surface area contributed by atoms with Crippen LogP contribution in [0.15, 0.2) is 18.2 Å². The Kier molecular flexibility index (Phi) is 6.48. The largest absolute Gasteiger partial charge is 0.372 e. The highest BCUT2D eigenvalue weighted by Gasteiger charge is 2.33. The minimum Gasteiger partial charge on any atom is -0.372 e. The second-order valence-electron chi connectivity index (χ2n) is 9.72. The average Bonchev–Trinajstić information content (AvgIpc) is 3.43. The molecule has 0 N–H and O–H groups in total. The lowest BCUT2D eigenvalue weighted by molar-refractivity contribution is -0.132. The molecule has 2 atom stereocenters. The van der Waals surface area contributed by atoms with Gasteiger partial charge in [-0.2, -0.15) is 5.10 Å². The van der Waals surface area contributed by atoms with Crippen molar-refractivity contribution in [1.82, 2.24) is 19.6 Å². The first-order valence-corrected chi connectivity index (χ1v) is 12.3. The van der Waals surface area contributed by atoms with E-state index in [1.807, 2.05) is 13.8 Å². The summed E-state index contributed by atoms with van der Waals surface area (Å²) in [5, 5.41) is 4.61. The lowest BCUT2D eigenvalue weighted by atomic mass is 10.1. The predicted octanol–water partition coefficient (Wildman–Crippen LogP) is 2.25. The number of carbonyl (C=O) groups is 2. The van der Waals surface area contributed by atoms with Gasteiger partial charge in [-0.05, 0) is 45.2 Å². The first-order chi connectivity index (χ1) is 16.8. The Bertz CT molecular complexity index is 1120. The van der Waals surface area contributed by atoms with E-state index < -0.39 is 11.6 Å². The number of piperazine rings is 1. The van der Waals surface area contributed by atoms with Gasteiger partial charge >= 0.3 is 0 Å². The molecule has 2 saturated heterocycles. The van der Waals surface area contributed by atoms with Gasteiger partial charge in [0.1, 0.15) is 18.2 Å². The summed E-state index contributed by atoms with van der Waals surface area (Å²) >= 11 is 0. The number of nitrogens with zero attached hydrogens (tertiary/aromatic N) is 5. The van der Waals surface area contributed by atoms with Gasteiger partial charge in [0.2, 0.25) is 5.91 Å². The monoisotopic (exact) mass is 487 g/mol. The van der Waals surface area contributed by atoms with Crippen LogP contribution in [-0.4, -0.2) is 82.9 Å². The molecule has 2 aromatic rings. The van der Waals surface area contributed by atoms with Gasteiger partial charge in [-0.25, -0.2) is 8.78 Å². The van der Waals surface area contributed by atoms with E-state index in [1.54, 1.807) is 19.4 Å². The van der Waals surface area contributed by atoms with Crippen LogP contribution in [0.2, 0.25) is 0 Å². The number of benzene rings is 1. The Hall–Kier alpha value is -3.01. The molecule has 0 spiro atoms. The second-order valence-corrected chi connectivity index (χ2v) is 9.72. The van der Waals surface area contributed by atoms with Crippen LogP contribution in [0.1, 0.15) is 42.0 Å². The quantitative estimate of drug-likeness (QED) is 0.662. The van der Waals surface area contributed by atoms with Crippen LogP contribution in [0, 0.1) is 11.6 Å². The first kappa shape index (κ1) is 23.7. The zero-order chi connectivity index (χ0) is 24.7. The Morgan fingerprint density at radius 1 is 1.03 bits per heavy atom. The van der Waals surface area contributed by atoms with Crippen LogP contribution in [0.5, 0.6) is 0 Å². The summed E-state index contributed by atoms with van der Waals surface area (Å²) in [4.78, 5) is 31.7. The van der Waals surface area contributed by atoms with E-state index in [-0.39, 0.29) is 36.3 Å². The van der Waals surface area contributed by atoms with E-state index in [9.17, 15) is 18.4 Å². The SMILES string of the molecule is C[C@@H]1CN(C(=O)c2nn(CC(=O)N3CCN(c4cc(F)ccc4F)CC3)c3c2CCC3)C[C@H](C)O1. The standard InChI is InChI=1S/C25H31F2N5O3/c1-16-13-31(14-17(2)35-16)25(34)24-19-4-3-5-21(19)32(28-24)15-23(33)30-10-8-29(9-11-30)22-12-18(26)6-7-20(22)27/h6-7,12,16-17H,3-5,8-11,13-15H2,1-2H3/t16-,17+. The van der Waals surface area contributed by atoms with Crippen molar-refractivity contribution >= 4 is 17.5 Å². The molecule has 3 aliphatic rings. The van der Waals surface area contributed by atoms with E-state index in [1.165, 1.54) is 6.07 Å². The molecule has 1 aliphatic carbocycles. The van der Waals surface area contributed by atoms with Crippen molar-refractivity contribution < 1.29 is 23.1 Å². The maximum absolute atomic E-state index is 14.1. The van der Waals surface area contributed by atoms with Gasteiger partial charge in [0.25, 0.3) is 5.91 Å². The number of fused-ring (bicyclic) bond motifs is 1. The number of aromatic nitrogens is 2. The number of amides is 2. The molecular formula is C25H31F2N5O3. The van der Waals surface area contributed by atoms with E-state index in [4.69, 9.17) is 4.74 Å². The van der Waals surface area contributed by atoms with Gasteiger partial charge in [0, 0.05) is 56.6 Å². The molecule has 0 radical (unpaired) electrons. The second kappa shape index (κ2) is 9.56. The predicted molar refractivity (Wildman–Crippen MR) is 125 cm³/mol. The number of rotatable bonds is 4. The smallest absolute Gasteiger partial charge is 0.274 e.